The third-order valence-electron chi connectivity index (χ3n) is 4.90. The van der Waals surface area contributed by atoms with Gasteiger partial charge in [-0.2, -0.15) is 0 Å². The number of hydrogen-bond donors (Lipinski definition) is 0. The van der Waals surface area contributed by atoms with Crippen LogP contribution in [0.25, 0.3) is 11.3 Å². The molecule has 0 radical (unpaired) electrons. The van der Waals surface area contributed by atoms with Crippen LogP contribution in [0.15, 0.2) is 48.7 Å². The van der Waals surface area contributed by atoms with Crippen molar-refractivity contribution >= 4 is 29.0 Å². The fourth-order valence-corrected chi connectivity index (χ4v) is 3.82. The lowest BCUT2D eigenvalue weighted by molar-refractivity contribution is -0.689. The summed E-state index contributed by atoms with van der Waals surface area (Å²) >= 11 is 12.2. The van der Waals surface area contributed by atoms with Crippen LogP contribution in [-0.2, 0) is 19.5 Å². The molecule has 0 bridgehead atoms. The highest BCUT2D eigenvalue weighted by atomic mass is 35.5. The Hall–Kier alpha value is -2.10. The summed E-state index contributed by atoms with van der Waals surface area (Å²) in [7, 11) is 0. The van der Waals surface area contributed by atoms with Gasteiger partial charge in [-0.3, -0.25) is 4.79 Å². The Morgan fingerprint density at radius 3 is 2.62 bits per heavy atom. The second kappa shape index (κ2) is 6.90. The smallest absolute Gasteiger partial charge is 0.257 e. The molecule has 0 N–H and O–H groups in total. The molecule has 26 heavy (non-hydrogen) atoms. The summed E-state index contributed by atoms with van der Waals surface area (Å²) in [6.07, 6.45) is 4.12. The molecule has 1 aliphatic heterocycles. The number of ketones is 1. The molecule has 0 aliphatic carbocycles. The minimum atomic E-state index is 0.121. The molecular formula is C21H19Cl2N2O+. The standard InChI is InChI=1S/C21H19Cl2N2O/c1-14-4-6-15(7-5-14)20(26)13-24-12-19(25-10-2-3-21(24)25)16-8-9-17(22)18(23)11-16/h4-9,11-12H,2-3,10,13H2,1H3/q+1. The fourth-order valence-electron chi connectivity index (χ4n) is 3.52. The van der Waals surface area contributed by atoms with Crippen molar-refractivity contribution in [1.82, 2.24) is 4.57 Å². The molecule has 0 amide bonds. The summed E-state index contributed by atoms with van der Waals surface area (Å²) in [5.41, 5.74) is 4.00. The maximum Gasteiger partial charge on any atom is 0.257 e. The van der Waals surface area contributed by atoms with Gasteiger partial charge in [0.05, 0.1) is 23.0 Å². The molecule has 132 valence electrons. The van der Waals surface area contributed by atoms with Gasteiger partial charge in [0.1, 0.15) is 6.20 Å². The molecule has 0 unspecified atom stereocenters. The maximum atomic E-state index is 12.7. The van der Waals surface area contributed by atoms with E-state index in [1.165, 1.54) is 5.82 Å². The van der Waals surface area contributed by atoms with E-state index in [1.807, 2.05) is 49.4 Å². The van der Waals surface area contributed by atoms with Crippen LogP contribution < -0.4 is 4.57 Å². The molecule has 0 saturated carbocycles. The van der Waals surface area contributed by atoms with Gasteiger partial charge in [0.25, 0.3) is 5.82 Å². The van der Waals surface area contributed by atoms with Crippen molar-refractivity contribution in [2.24, 2.45) is 0 Å². The summed E-state index contributed by atoms with van der Waals surface area (Å²) in [4.78, 5) is 12.7. The third-order valence-corrected chi connectivity index (χ3v) is 5.64. The second-order valence-corrected chi connectivity index (χ2v) is 7.55. The van der Waals surface area contributed by atoms with Gasteiger partial charge in [0.15, 0.2) is 12.2 Å². The number of imidazole rings is 1. The van der Waals surface area contributed by atoms with Gasteiger partial charge in [0.2, 0.25) is 5.78 Å². The molecule has 4 rings (SSSR count). The van der Waals surface area contributed by atoms with Crippen molar-refractivity contribution < 1.29 is 9.36 Å². The van der Waals surface area contributed by atoms with Crippen LogP contribution in [0, 0.1) is 6.92 Å². The maximum absolute atomic E-state index is 12.7. The lowest BCUT2D eigenvalue weighted by atomic mass is 10.1. The van der Waals surface area contributed by atoms with E-state index in [9.17, 15) is 4.79 Å². The molecule has 1 aliphatic rings. The normalized spacial score (nSPS) is 13.0. The number of fused-ring (bicyclic) bond motifs is 1. The lowest BCUT2D eigenvalue weighted by Gasteiger charge is -2.01. The van der Waals surface area contributed by atoms with E-state index < -0.39 is 0 Å². The molecule has 5 heteroatoms. The van der Waals surface area contributed by atoms with Crippen LogP contribution in [0.1, 0.15) is 28.2 Å². The van der Waals surface area contributed by atoms with Gasteiger partial charge >= 0.3 is 0 Å². The van der Waals surface area contributed by atoms with E-state index in [-0.39, 0.29) is 5.78 Å². The quantitative estimate of drug-likeness (QED) is 0.463. The number of carbonyl (C=O) groups is 1. The molecular weight excluding hydrogens is 367 g/mol. The first kappa shape index (κ1) is 17.3. The van der Waals surface area contributed by atoms with Gasteiger partial charge in [-0.15, -0.1) is 0 Å². The molecule has 2 aromatic carbocycles. The van der Waals surface area contributed by atoms with E-state index in [0.717, 1.165) is 41.8 Å². The van der Waals surface area contributed by atoms with E-state index in [1.54, 1.807) is 0 Å². The Bertz CT molecular complexity index is 990. The van der Waals surface area contributed by atoms with Gasteiger partial charge in [-0.1, -0.05) is 53.0 Å². The summed E-state index contributed by atoms with van der Waals surface area (Å²) in [6, 6.07) is 13.4. The van der Waals surface area contributed by atoms with E-state index >= 15 is 0 Å². The highest BCUT2D eigenvalue weighted by Crippen LogP contribution is 2.30. The number of hydrogen-bond acceptors (Lipinski definition) is 1. The van der Waals surface area contributed by atoms with Crippen molar-refractivity contribution in [3.05, 3.63) is 75.7 Å². The Labute approximate surface area is 162 Å². The molecule has 0 saturated heterocycles. The third kappa shape index (κ3) is 3.17. The predicted octanol–water partition coefficient (Wildman–Crippen LogP) is 4.89. The number of Topliss-reactive ketones (excluding diaryl/α,β-unsaturated/α-hetero) is 1. The average Bonchev–Trinajstić information content (AvgIpc) is 3.22. The number of rotatable bonds is 4. The molecule has 3 aromatic rings. The SMILES string of the molecule is Cc1ccc(C(=O)C[n+]2cc(-c3ccc(Cl)c(Cl)c3)n3c2CCC3)cc1. The summed E-state index contributed by atoms with van der Waals surface area (Å²) < 4.78 is 4.36. The minimum Gasteiger partial charge on any atom is -0.290 e. The summed E-state index contributed by atoms with van der Waals surface area (Å²) in [6.45, 7) is 3.32. The van der Waals surface area contributed by atoms with E-state index in [0.29, 0.717) is 16.6 Å². The number of aromatic nitrogens is 2. The second-order valence-electron chi connectivity index (χ2n) is 6.73. The summed E-state index contributed by atoms with van der Waals surface area (Å²) in [5.74, 6) is 1.31. The van der Waals surface area contributed by atoms with Gasteiger partial charge in [-0.05, 0) is 31.5 Å². The van der Waals surface area contributed by atoms with Crippen molar-refractivity contribution in [2.45, 2.75) is 32.9 Å². The van der Waals surface area contributed by atoms with Crippen LogP contribution in [0.4, 0.5) is 0 Å². The first-order valence-electron chi connectivity index (χ1n) is 8.70. The van der Waals surface area contributed by atoms with Gasteiger partial charge in [0, 0.05) is 11.1 Å². The number of benzene rings is 2. The Morgan fingerprint density at radius 1 is 1.12 bits per heavy atom. The average molecular weight is 386 g/mol. The number of halogens is 2. The first-order chi connectivity index (χ1) is 12.5. The van der Waals surface area contributed by atoms with Crippen LogP contribution >= 0.6 is 23.2 Å². The van der Waals surface area contributed by atoms with E-state index in [2.05, 4.69) is 15.3 Å². The van der Waals surface area contributed by atoms with Crippen molar-refractivity contribution in [3.8, 4) is 11.3 Å². The van der Waals surface area contributed by atoms with Crippen LogP contribution in [-0.4, -0.2) is 10.4 Å². The zero-order valence-corrected chi connectivity index (χ0v) is 16.0. The zero-order valence-electron chi connectivity index (χ0n) is 14.5. The highest BCUT2D eigenvalue weighted by Gasteiger charge is 2.30. The Balaban J connectivity index is 1.68. The van der Waals surface area contributed by atoms with Crippen molar-refractivity contribution in [1.29, 1.82) is 0 Å². The monoisotopic (exact) mass is 385 g/mol. The summed E-state index contributed by atoms with van der Waals surface area (Å²) in [5, 5.41) is 1.09. The first-order valence-corrected chi connectivity index (χ1v) is 9.45. The number of carbonyl (C=O) groups excluding carboxylic acids is 1. The molecule has 3 nitrogen and oxygen atoms in total. The largest absolute Gasteiger partial charge is 0.290 e. The van der Waals surface area contributed by atoms with Gasteiger partial charge < -0.3 is 0 Å². The molecule has 0 spiro atoms. The van der Waals surface area contributed by atoms with Crippen LogP contribution in [0.2, 0.25) is 10.0 Å². The fraction of sp³-hybridized carbons (Fsp3) is 0.238. The Morgan fingerprint density at radius 2 is 1.88 bits per heavy atom. The molecule has 2 heterocycles. The lowest BCUT2D eigenvalue weighted by Crippen LogP contribution is -2.40. The molecule has 0 atom stereocenters. The number of nitrogens with zero attached hydrogens (tertiary/aromatic N) is 2. The molecule has 0 fully saturated rings. The van der Waals surface area contributed by atoms with E-state index in [4.69, 9.17) is 23.2 Å². The zero-order chi connectivity index (χ0) is 18.3. The van der Waals surface area contributed by atoms with Crippen LogP contribution in [0.5, 0.6) is 0 Å². The van der Waals surface area contributed by atoms with Crippen LogP contribution in [0.3, 0.4) is 0 Å². The van der Waals surface area contributed by atoms with Crippen molar-refractivity contribution in [2.75, 3.05) is 0 Å². The van der Waals surface area contributed by atoms with Crippen molar-refractivity contribution in [3.63, 3.8) is 0 Å². The van der Waals surface area contributed by atoms with Gasteiger partial charge in [-0.25, -0.2) is 9.13 Å². The predicted molar refractivity (Wildman–Crippen MR) is 104 cm³/mol. The highest BCUT2D eigenvalue weighted by molar-refractivity contribution is 6.42. The molecule has 1 aromatic heterocycles. The Kier molecular flexibility index (Phi) is 4.60. The topological polar surface area (TPSA) is 25.9 Å². The minimum absolute atomic E-state index is 0.121. The number of aryl methyl sites for hydroxylation is 1.